The lowest BCUT2D eigenvalue weighted by atomic mass is 10.1. The average Bonchev–Trinajstić information content (AvgIpc) is 2.29. The molecule has 0 aliphatic carbocycles. The van der Waals surface area contributed by atoms with Gasteiger partial charge in [-0.1, -0.05) is 13.8 Å². The molecule has 4 nitrogen and oxygen atoms in total. The van der Waals surface area contributed by atoms with Crippen LogP contribution in [0.1, 0.15) is 31.3 Å². The van der Waals surface area contributed by atoms with Crippen molar-refractivity contribution in [2.75, 3.05) is 0 Å². The average molecular weight is 196 g/mol. The van der Waals surface area contributed by atoms with Crippen molar-refractivity contribution in [3.05, 3.63) is 17.5 Å². The maximum absolute atomic E-state index is 11.0. The highest BCUT2D eigenvalue weighted by Crippen LogP contribution is 2.19. The molecule has 0 fully saturated rings. The zero-order chi connectivity index (χ0) is 10.9. The Bertz CT molecular complexity index is 342. The molecule has 4 heteroatoms. The third-order valence-electron chi connectivity index (χ3n) is 2.19. The van der Waals surface area contributed by atoms with E-state index in [4.69, 9.17) is 5.11 Å². The van der Waals surface area contributed by atoms with Gasteiger partial charge in [0, 0.05) is 5.69 Å². The van der Waals surface area contributed by atoms with Crippen molar-refractivity contribution in [3.63, 3.8) is 0 Å². The Morgan fingerprint density at radius 2 is 2.07 bits per heavy atom. The van der Waals surface area contributed by atoms with Gasteiger partial charge in [-0.05, 0) is 25.8 Å². The van der Waals surface area contributed by atoms with E-state index >= 15 is 0 Å². The molecule has 1 rings (SSSR count). The van der Waals surface area contributed by atoms with E-state index in [1.807, 2.05) is 33.8 Å². The fraction of sp³-hybridized carbons (Fsp3) is 0.600. The molecule has 0 aromatic carbocycles. The summed E-state index contributed by atoms with van der Waals surface area (Å²) in [4.78, 5) is 11.0. The minimum atomic E-state index is -0.828. The minimum Gasteiger partial charge on any atom is -0.480 e. The van der Waals surface area contributed by atoms with Gasteiger partial charge in [-0.3, -0.25) is 4.68 Å². The number of rotatable bonds is 3. The summed E-state index contributed by atoms with van der Waals surface area (Å²) in [5.74, 6) is -0.795. The molecule has 0 aliphatic rings. The number of carboxylic acids is 1. The Morgan fingerprint density at radius 1 is 1.50 bits per heavy atom. The zero-order valence-corrected chi connectivity index (χ0v) is 8.98. The highest BCUT2D eigenvalue weighted by atomic mass is 16.4. The van der Waals surface area contributed by atoms with Gasteiger partial charge in [-0.15, -0.1) is 0 Å². The molecule has 0 unspecified atom stereocenters. The van der Waals surface area contributed by atoms with Crippen LogP contribution < -0.4 is 0 Å². The lowest BCUT2D eigenvalue weighted by Crippen LogP contribution is -2.26. The van der Waals surface area contributed by atoms with Crippen LogP contribution in [0.15, 0.2) is 6.07 Å². The van der Waals surface area contributed by atoms with Gasteiger partial charge in [0.05, 0.1) is 5.69 Å². The van der Waals surface area contributed by atoms with Gasteiger partial charge in [0.2, 0.25) is 0 Å². The van der Waals surface area contributed by atoms with E-state index in [1.165, 1.54) is 0 Å². The number of aryl methyl sites for hydroxylation is 2. The van der Waals surface area contributed by atoms with Crippen molar-refractivity contribution >= 4 is 5.97 Å². The zero-order valence-electron chi connectivity index (χ0n) is 8.98. The maximum Gasteiger partial charge on any atom is 0.328 e. The summed E-state index contributed by atoms with van der Waals surface area (Å²) in [6, 6.07) is 1.32. The Morgan fingerprint density at radius 3 is 2.36 bits per heavy atom. The number of nitrogens with zero attached hydrogens (tertiary/aromatic N) is 2. The van der Waals surface area contributed by atoms with Crippen LogP contribution in [0.25, 0.3) is 0 Å². The predicted octanol–water partition coefficient (Wildman–Crippen LogP) is 1.78. The van der Waals surface area contributed by atoms with Gasteiger partial charge in [0.15, 0.2) is 6.04 Å². The van der Waals surface area contributed by atoms with E-state index in [0.717, 1.165) is 11.4 Å². The smallest absolute Gasteiger partial charge is 0.328 e. The molecule has 0 radical (unpaired) electrons. The van der Waals surface area contributed by atoms with Crippen molar-refractivity contribution in [1.82, 2.24) is 9.78 Å². The van der Waals surface area contributed by atoms with Crippen LogP contribution in [-0.2, 0) is 4.79 Å². The second-order valence-corrected chi connectivity index (χ2v) is 3.90. The molecule has 0 bridgehead atoms. The molecule has 0 aliphatic heterocycles. The second kappa shape index (κ2) is 3.82. The molecule has 78 valence electrons. The number of hydrogen-bond acceptors (Lipinski definition) is 2. The van der Waals surface area contributed by atoms with E-state index in [-0.39, 0.29) is 5.92 Å². The Labute approximate surface area is 83.5 Å². The van der Waals surface area contributed by atoms with Crippen LogP contribution in [0.5, 0.6) is 0 Å². The Kier molecular flexibility index (Phi) is 2.93. The summed E-state index contributed by atoms with van der Waals surface area (Å²) in [7, 11) is 0. The van der Waals surface area contributed by atoms with Crippen molar-refractivity contribution in [2.24, 2.45) is 5.92 Å². The summed E-state index contributed by atoms with van der Waals surface area (Å²) >= 11 is 0. The van der Waals surface area contributed by atoms with Gasteiger partial charge in [-0.25, -0.2) is 4.79 Å². The first-order chi connectivity index (χ1) is 6.43. The predicted molar refractivity (Wildman–Crippen MR) is 53.2 cm³/mol. The SMILES string of the molecule is Cc1cc(C)n([C@H](C(=O)O)C(C)C)n1. The van der Waals surface area contributed by atoms with Gasteiger partial charge in [-0.2, -0.15) is 5.10 Å². The Hall–Kier alpha value is -1.32. The van der Waals surface area contributed by atoms with Gasteiger partial charge in [0.1, 0.15) is 0 Å². The van der Waals surface area contributed by atoms with Gasteiger partial charge >= 0.3 is 5.97 Å². The molecule has 0 spiro atoms. The summed E-state index contributed by atoms with van der Waals surface area (Å²) < 4.78 is 1.59. The number of carboxylic acid groups (broad SMARTS) is 1. The van der Waals surface area contributed by atoms with Crippen molar-refractivity contribution in [1.29, 1.82) is 0 Å². The van der Waals surface area contributed by atoms with Crippen LogP contribution in [-0.4, -0.2) is 20.9 Å². The van der Waals surface area contributed by atoms with Crippen LogP contribution in [0, 0.1) is 19.8 Å². The molecule has 0 amide bonds. The third-order valence-corrected chi connectivity index (χ3v) is 2.19. The first-order valence-electron chi connectivity index (χ1n) is 4.69. The molecule has 1 N–H and O–H groups in total. The normalized spacial score (nSPS) is 13.2. The molecule has 1 aromatic rings. The van der Waals surface area contributed by atoms with E-state index in [2.05, 4.69) is 5.10 Å². The van der Waals surface area contributed by atoms with Crippen LogP contribution in [0.3, 0.4) is 0 Å². The highest BCUT2D eigenvalue weighted by Gasteiger charge is 2.25. The maximum atomic E-state index is 11.0. The fourth-order valence-electron chi connectivity index (χ4n) is 1.60. The van der Waals surface area contributed by atoms with Crippen LogP contribution in [0.4, 0.5) is 0 Å². The molecule has 1 aromatic heterocycles. The molecular formula is C10H16N2O2. The Balaban J connectivity index is 3.11. The topological polar surface area (TPSA) is 55.1 Å². The van der Waals surface area contributed by atoms with E-state index in [1.54, 1.807) is 4.68 Å². The van der Waals surface area contributed by atoms with Gasteiger partial charge < -0.3 is 5.11 Å². The quantitative estimate of drug-likeness (QED) is 0.801. The van der Waals surface area contributed by atoms with Crippen molar-refractivity contribution in [3.8, 4) is 0 Å². The molecule has 14 heavy (non-hydrogen) atoms. The van der Waals surface area contributed by atoms with E-state index < -0.39 is 12.0 Å². The highest BCUT2D eigenvalue weighted by molar-refractivity contribution is 5.72. The standard InChI is InChI=1S/C10H16N2O2/c1-6(2)9(10(13)14)12-8(4)5-7(3)11-12/h5-6,9H,1-4H3,(H,13,14)/t9-/m0/s1. The van der Waals surface area contributed by atoms with Crippen LogP contribution >= 0.6 is 0 Å². The first kappa shape index (κ1) is 10.8. The lowest BCUT2D eigenvalue weighted by molar-refractivity contribution is -0.142. The number of aromatic nitrogens is 2. The fourth-order valence-corrected chi connectivity index (χ4v) is 1.60. The van der Waals surface area contributed by atoms with E-state index in [9.17, 15) is 4.79 Å². The summed E-state index contributed by atoms with van der Waals surface area (Å²) in [5, 5.41) is 13.3. The lowest BCUT2D eigenvalue weighted by Gasteiger charge is -2.18. The monoisotopic (exact) mass is 196 g/mol. The third kappa shape index (κ3) is 1.95. The summed E-state index contributed by atoms with van der Waals surface area (Å²) in [5.41, 5.74) is 1.75. The molecule has 0 saturated carbocycles. The van der Waals surface area contributed by atoms with Crippen LogP contribution in [0.2, 0.25) is 0 Å². The second-order valence-electron chi connectivity index (χ2n) is 3.90. The molecule has 0 saturated heterocycles. The number of carbonyl (C=O) groups is 1. The molecular weight excluding hydrogens is 180 g/mol. The number of hydrogen-bond donors (Lipinski definition) is 1. The van der Waals surface area contributed by atoms with Crippen molar-refractivity contribution in [2.45, 2.75) is 33.7 Å². The largest absolute Gasteiger partial charge is 0.480 e. The first-order valence-corrected chi connectivity index (χ1v) is 4.69. The summed E-state index contributed by atoms with van der Waals surface area (Å²) in [6.07, 6.45) is 0. The van der Waals surface area contributed by atoms with E-state index in [0.29, 0.717) is 0 Å². The summed E-state index contributed by atoms with van der Waals surface area (Å²) in [6.45, 7) is 7.51. The minimum absolute atomic E-state index is 0.0329. The number of aliphatic carboxylic acids is 1. The van der Waals surface area contributed by atoms with Crippen molar-refractivity contribution < 1.29 is 9.90 Å². The van der Waals surface area contributed by atoms with Gasteiger partial charge in [0.25, 0.3) is 0 Å². The molecule has 1 heterocycles. The molecule has 1 atom stereocenters.